The summed E-state index contributed by atoms with van der Waals surface area (Å²) in [6.07, 6.45) is 0. The van der Waals surface area contributed by atoms with Gasteiger partial charge in [0.05, 0.1) is 11.0 Å². The van der Waals surface area contributed by atoms with Crippen molar-refractivity contribution in [1.82, 2.24) is 4.57 Å². The van der Waals surface area contributed by atoms with E-state index in [1.54, 1.807) is 0 Å². The van der Waals surface area contributed by atoms with Gasteiger partial charge in [0.1, 0.15) is 0 Å². The van der Waals surface area contributed by atoms with Gasteiger partial charge in [-0.2, -0.15) is 0 Å². The molecular weight excluding hydrogens is 893 g/mol. The molecule has 0 radical (unpaired) electrons. The molecule has 14 rings (SSSR count). The van der Waals surface area contributed by atoms with Crippen molar-refractivity contribution in [2.75, 3.05) is 4.90 Å². The third-order valence-electron chi connectivity index (χ3n) is 15.0. The highest BCUT2D eigenvalue weighted by atomic mass is 15.1. The van der Waals surface area contributed by atoms with Crippen molar-refractivity contribution in [1.29, 1.82) is 0 Å². The van der Waals surface area contributed by atoms with Crippen molar-refractivity contribution in [3.8, 4) is 61.3 Å². The summed E-state index contributed by atoms with van der Waals surface area (Å²) >= 11 is 0. The molecule has 2 heteroatoms. The molecule has 0 aliphatic heterocycles. The second-order valence-corrected chi connectivity index (χ2v) is 19.2. The minimum Gasteiger partial charge on any atom is -0.311 e. The number of hydrogen-bond donors (Lipinski definition) is 0. The van der Waals surface area contributed by atoms with E-state index in [1.807, 2.05) is 0 Å². The first-order valence-electron chi connectivity index (χ1n) is 25.5. The number of hydrogen-bond acceptors (Lipinski definition) is 1. The fraction of sp³-hybridized carbons (Fsp3) is 0. The lowest BCUT2D eigenvalue weighted by Crippen LogP contribution is -2.10. The van der Waals surface area contributed by atoms with Crippen LogP contribution in [0.1, 0.15) is 0 Å². The van der Waals surface area contributed by atoms with E-state index in [1.165, 1.54) is 110 Å². The summed E-state index contributed by atoms with van der Waals surface area (Å²) < 4.78 is 2.41. The monoisotopic (exact) mass is 940 g/mol. The maximum absolute atomic E-state index is 2.41. The Morgan fingerprint density at radius 2 is 0.581 bits per heavy atom. The predicted octanol–water partition coefficient (Wildman–Crippen LogP) is 20.0. The normalized spacial score (nSPS) is 11.5. The van der Waals surface area contributed by atoms with Crippen LogP contribution in [-0.2, 0) is 0 Å². The molecule has 0 N–H and O–H groups in total. The van der Waals surface area contributed by atoms with Gasteiger partial charge in [-0.25, -0.2) is 0 Å². The smallest absolute Gasteiger partial charge is 0.0541 e. The van der Waals surface area contributed by atoms with Crippen LogP contribution in [0.2, 0.25) is 0 Å². The molecule has 0 aliphatic rings. The second-order valence-electron chi connectivity index (χ2n) is 19.2. The summed E-state index contributed by atoms with van der Waals surface area (Å²) in [6.45, 7) is 0. The van der Waals surface area contributed by atoms with Crippen LogP contribution in [0.25, 0.3) is 115 Å². The molecule has 0 atom stereocenters. The number of benzene rings is 13. The van der Waals surface area contributed by atoms with E-state index in [2.05, 4.69) is 301 Å². The van der Waals surface area contributed by atoms with E-state index < -0.39 is 0 Å². The fourth-order valence-electron chi connectivity index (χ4n) is 11.4. The van der Waals surface area contributed by atoms with Crippen molar-refractivity contribution in [3.63, 3.8) is 0 Å². The molecule has 74 heavy (non-hydrogen) atoms. The van der Waals surface area contributed by atoms with Crippen LogP contribution in [0.4, 0.5) is 17.1 Å². The minimum absolute atomic E-state index is 1.08. The minimum atomic E-state index is 1.08. The zero-order valence-corrected chi connectivity index (χ0v) is 40.6. The van der Waals surface area contributed by atoms with Crippen molar-refractivity contribution in [2.24, 2.45) is 0 Å². The van der Waals surface area contributed by atoms with E-state index in [9.17, 15) is 0 Å². The summed E-state index contributed by atoms with van der Waals surface area (Å²) in [7, 11) is 0. The Morgan fingerprint density at radius 1 is 0.216 bits per heavy atom. The lowest BCUT2D eigenvalue weighted by molar-refractivity contribution is 1.17. The Labute approximate surface area is 430 Å². The van der Waals surface area contributed by atoms with Gasteiger partial charge in [-0.3, -0.25) is 0 Å². The maximum atomic E-state index is 2.41. The summed E-state index contributed by atoms with van der Waals surface area (Å²) in [5, 5.41) is 10.0. The van der Waals surface area contributed by atoms with E-state index in [-0.39, 0.29) is 0 Å². The topological polar surface area (TPSA) is 8.17 Å². The largest absolute Gasteiger partial charge is 0.311 e. The number of fused-ring (bicyclic) bond motifs is 6. The highest BCUT2D eigenvalue weighted by Gasteiger charge is 2.19. The first-order chi connectivity index (χ1) is 36.7. The van der Waals surface area contributed by atoms with Crippen molar-refractivity contribution in [2.45, 2.75) is 0 Å². The Kier molecular flexibility index (Phi) is 10.6. The summed E-state index contributed by atoms with van der Waals surface area (Å²) in [5.41, 5.74) is 18.9. The SMILES string of the molecule is c1ccc(-c2ccc3c(c2)c2cc(-c4ccccc4)ccc2n3-c2ccc(N(c3ccccc3)c3ccc(-c4ccc(-c5c6ccccc6c(-c6ccc7ccccc7c6)c6ccccc56)cc4)cc3)cc2)cc1. The molecule has 13 aromatic carbocycles. The molecule has 0 saturated heterocycles. The average molecular weight is 941 g/mol. The summed E-state index contributed by atoms with van der Waals surface area (Å²) in [6, 6.07) is 106. The van der Waals surface area contributed by atoms with Gasteiger partial charge in [0.2, 0.25) is 0 Å². The van der Waals surface area contributed by atoms with E-state index >= 15 is 0 Å². The van der Waals surface area contributed by atoms with Crippen molar-refractivity contribution >= 4 is 71.2 Å². The molecule has 1 aromatic heterocycles. The number of aromatic nitrogens is 1. The number of nitrogens with zero attached hydrogens (tertiary/aromatic N) is 2. The first-order valence-corrected chi connectivity index (χ1v) is 25.5. The number of rotatable bonds is 9. The Morgan fingerprint density at radius 3 is 1.11 bits per heavy atom. The molecule has 0 fully saturated rings. The van der Waals surface area contributed by atoms with Crippen molar-refractivity contribution in [3.05, 3.63) is 291 Å². The summed E-state index contributed by atoms with van der Waals surface area (Å²) in [5.74, 6) is 0. The van der Waals surface area contributed by atoms with E-state index in [0.29, 0.717) is 0 Å². The molecule has 0 aliphatic carbocycles. The Balaban J connectivity index is 0.806. The van der Waals surface area contributed by atoms with Gasteiger partial charge >= 0.3 is 0 Å². The zero-order chi connectivity index (χ0) is 49.0. The average Bonchev–Trinajstić information content (AvgIpc) is 3.83. The van der Waals surface area contributed by atoms with Crippen LogP contribution in [-0.4, -0.2) is 4.57 Å². The lowest BCUT2D eigenvalue weighted by Gasteiger charge is -2.26. The van der Waals surface area contributed by atoms with E-state index in [4.69, 9.17) is 0 Å². The van der Waals surface area contributed by atoms with Gasteiger partial charge in [-0.15, -0.1) is 0 Å². The van der Waals surface area contributed by atoms with Gasteiger partial charge in [0.15, 0.2) is 0 Å². The fourth-order valence-corrected chi connectivity index (χ4v) is 11.4. The van der Waals surface area contributed by atoms with E-state index in [0.717, 1.165) is 22.7 Å². The summed E-state index contributed by atoms with van der Waals surface area (Å²) in [4.78, 5) is 2.35. The van der Waals surface area contributed by atoms with Crippen LogP contribution in [0.15, 0.2) is 291 Å². The Bertz CT molecular complexity index is 4210. The lowest BCUT2D eigenvalue weighted by atomic mass is 9.85. The standard InChI is InChI=1S/C72H48N2/c1-4-16-49(17-5-1)56-36-44-69-67(47-56)68-48-57(50-18-6-2-7-19-50)37-45-70(68)74(69)62-42-40-61(41-43-62)73(59-22-8-3-9-23-59)60-38-34-53(35-39-60)52-28-31-54(32-29-52)71-63-24-12-14-26-65(63)72(66-27-15-13-25-64(66)71)58-33-30-51-20-10-11-21-55(51)46-58/h1-48H. The molecule has 1 heterocycles. The number of para-hydroxylation sites is 1. The van der Waals surface area contributed by atoms with Crippen molar-refractivity contribution < 1.29 is 0 Å². The van der Waals surface area contributed by atoms with Gasteiger partial charge in [0.25, 0.3) is 0 Å². The molecule has 14 aromatic rings. The van der Waals surface area contributed by atoms with Crippen LogP contribution in [0.3, 0.4) is 0 Å². The highest BCUT2D eigenvalue weighted by molar-refractivity contribution is 6.22. The van der Waals surface area contributed by atoms with Gasteiger partial charge in [0, 0.05) is 33.5 Å². The van der Waals surface area contributed by atoms with Crippen LogP contribution in [0, 0.1) is 0 Å². The third kappa shape index (κ3) is 7.52. The Hall–Kier alpha value is -9.76. The maximum Gasteiger partial charge on any atom is 0.0541 e. The molecule has 0 unspecified atom stereocenters. The molecular formula is C72H48N2. The highest BCUT2D eigenvalue weighted by Crippen LogP contribution is 2.45. The number of anilines is 3. The third-order valence-corrected chi connectivity index (χ3v) is 15.0. The predicted molar refractivity (Wildman–Crippen MR) is 315 cm³/mol. The van der Waals surface area contributed by atoms with Gasteiger partial charge in [-0.05, 0) is 167 Å². The molecule has 0 amide bonds. The molecule has 346 valence electrons. The van der Waals surface area contributed by atoms with Gasteiger partial charge in [-0.1, -0.05) is 212 Å². The van der Waals surface area contributed by atoms with Crippen LogP contribution < -0.4 is 4.90 Å². The van der Waals surface area contributed by atoms with Gasteiger partial charge < -0.3 is 9.47 Å². The van der Waals surface area contributed by atoms with Crippen LogP contribution in [0.5, 0.6) is 0 Å². The van der Waals surface area contributed by atoms with Crippen LogP contribution >= 0.6 is 0 Å². The second kappa shape index (κ2) is 18.1. The quantitative estimate of drug-likeness (QED) is 0.131. The first kappa shape index (κ1) is 43.1. The molecule has 0 saturated carbocycles. The molecule has 0 bridgehead atoms. The molecule has 2 nitrogen and oxygen atoms in total. The molecule has 0 spiro atoms. The zero-order valence-electron chi connectivity index (χ0n) is 40.6.